The van der Waals surface area contributed by atoms with Crippen LogP contribution in [0.3, 0.4) is 0 Å². The maximum Gasteiger partial charge on any atom is 0.234 e. The Morgan fingerprint density at radius 3 is 2.92 bits per heavy atom. The minimum atomic E-state index is -0.633. The smallest absolute Gasteiger partial charge is 0.234 e. The number of aliphatic hydroxyl groups excluding tert-OH is 1. The summed E-state index contributed by atoms with van der Waals surface area (Å²) in [4.78, 5) is 3.72. The number of hydrogen-bond acceptors (Lipinski definition) is 4. The SMILES string of the molecule is C[C@@]1(CO)CC(N)=C(N=CN)O1. The minimum Gasteiger partial charge on any atom is -0.467 e. The Bertz CT molecular complexity index is 237. The second-order valence-corrected chi connectivity index (χ2v) is 3.00. The molecular weight excluding hydrogens is 158 g/mol. The van der Waals surface area contributed by atoms with Gasteiger partial charge in [0.15, 0.2) is 0 Å². The average Bonchev–Trinajstić information content (AvgIpc) is 2.30. The molecule has 5 heteroatoms. The van der Waals surface area contributed by atoms with Gasteiger partial charge in [-0.15, -0.1) is 0 Å². The van der Waals surface area contributed by atoms with Crippen LogP contribution in [-0.2, 0) is 4.74 Å². The summed E-state index contributed by atoms with van der Waals surface area (Å²) in [7, 11) is 0. The van der Waals surface area contributed by atoms with Gasteiger partial charge in [-0.1, -0.05) is 0 Å². The summed E-state index contributed by atoms with van der Waals surface area (Å²) < 4.78 is 5.28. The largest absolute Gasteiger partial charge is 0.467 e. The van der Waals surface area contributed by atoms with Crippen LogP contribution in [0.1, 0.15) is 13.3 Å². The third kappa shape index (κ3) is 1.50. The second-order valence-electron chi connectivity index (χ2n) is 3.00. The molecule has 1 aliphatic rings. The number of hydrogen-bond donors (Lipinski definition) is 3. The highest BCUT2D eigenvalue weighted by atomic mass is 16.5. The molecule has 0 fully saturated rings. The highest BCUT2D eigenvalue weighted by Gasteiger charge is 2.34. The number of rotatable bonds is 2. The van der Waals surface area contributed by atoms with Crippen molar-refractivity contribution in [1.82, 2.24) is 0 Å². The van der Waals surface area contributed by atoms with E-state index >= 15 is 0 Å². The van der Waals surface area contributed by atoms with Crippen LogP contribution in [-0.4, -0.2) is 23.7 Å². The molecule has 0 unspecified atom stereocenters. The molecule has 0 saturated carbocycles. The summed E-state index contributed by atoms with van der Waals surface area (Å²) in [5, 5.41) is 8.94. The van der Waals surface area contributed by atoms with E-state index in [0.29, 0.717) is 18.0 Å². The molecule has 0 bridgehead atoms. The predicted octanol–water partition coefficient (Wildman–Crippen LogP) is -0.728. The summed E-state index contributed by atoms with van der Waals surface area (Å²) >= 11 is 0. The van der Waals surface area contributed by atoms with Crippen molar-refractivity contribution in [3.8, 4) is 0 Å². The molecule has 0 saturated heterocycles. The second kappa shape index (κ2) is 3.02. The zero-order chi connectivity index (χ0) is 9.19. The van der Waals surface area contributed by atoms with Crippen LogP contribution in [0.5, 0.6) is 0 Å². The first-order chi connectivity index (χ1) is 5.61. The van der Waals surface area contributed by atoms with Crippen LogP contribution in [0, 0.1) is 0 Å². The molecule has 0 aromatic heterocycles. The standard InChI is InChI=1S/C7H13N3O2/c1-7(3-11)2-5(9)6(12-7)10-4-8/h4,11H,2-3,9H2,1H3,(H2,8,10)/t7-/m0/s1. The average molecular weight is 171 g/mol. The molecule has 12 heavy (non-hydrogen) atoms. The molecule has 0 aromatic rings. The zero-order valence-electron chi connectivity index (χ0n) is 6.95. The molecule has 5 N–H and O–H groups in total. The molecule has 5 nitrogen and oxygen atoms in total. The predicted molar refractivity (Wildman–Crippen MR) is 45.1 cm³/mol. The van der Waals surface area contributed by atoms with Gasteiger partial charge < -0.3 is 21.3 Å². The van der Waals surface area contributed by atoms with Gasteiger partial charge in [-0.2, -0.15) is 0 Å². The maximum atomic E-state index is 8.94. The van der Waals surface area contributed by atoms with Crippen molar-refractivity contribution in [2.75, 3.05) is 6.61 Å². The fourth-order valence-electron chi connectivity index (χ4n) is 1.08. The van der Waals surface area contributed by atoms with E-state index in [1.165, 1.54) is 0 Å². The lowest BCUT2D eigenvalue weighted by Gasteiger charge is -2.20. The fraction of sp³-hybridized carbons (Fsp3) is 0.571. The van der Waals surface area contributed by atoms with Gasteiger partial charge in [0, 0.05) is 6.42 Å². The molecule has 1 aliphatic heterocycles. The van der Waals surface area contributed by atoms with E-state index in [-0.39, 0.29) is 6.61 Å². The van der Waals surface area contributed by atoms with Gasteiger partial charge in [0.1, 0.15) is 5.60 Å². The Morgan fingerprint density at radius 2 is 2.50 bits per heavy atom. The first-order valence-electron chi connectivity index (χ1n) is 3.64. The first-order valence-corrected chi connectivity index (χ1v) is 3.64. The van der Waals surface area contributed by atoms with Crippen LogP contribution in [0.15, 0.2) is 16.6 Å². The highest BCUT2D eigenvalue weighted by Crippen LogP contribution is 2.30. The van der Waals surface area contributed by atoms with E-state index in [2.05, 4.69) is 4.99 Å². The number of ether oxygens (including phenoxy) is 1. The summed E-state index contributed by atoms with van der Waals surface area (Å²) in [6.07, 6.45) is 1.60. The fourth-order valence-corrected chi connectivity index (χ4v) is 1.08. The van der Waals surface area contributed by atoms with Crippen molar-refractivity contribution in [2.45, 2.75) is 18.9 Å². The van der Waals surface area contributed by atoms with E-state index in [1.807, 2.05) is 0 Å². The molecule has 0 spiro atoms. The lowest BCUT2D eigenvalue weighted by Crippen LogP contribution is -2.29. The lowest BCUT2D eigenvalue weighted by molar-refractivity contribution is -0.00770. The Balaban J connectivity index is 2.73. The van der Waals surface area contributed by atoms with Crippen LogP contribution >= 0.6 is 0 Å². The monoisotopic (exact) mass is 171 g/mol. The molecule has 1 atom stereocenters. The highest BCUT2D eigenvalue weighted by molar-refractivity contribution is 5.53. The van der Waals surface area contributed by atoms with Crippen molar-refractivity contribution in [1.29, 1.82) is 0 Å². The van der Waals surface area contributed by atoms with Gasteiger partial charge in [0.25, 0.3) is 0 Å². The lowest BCUT2D eigenvalue weighted by atomic mass is 10.0. The Morgan fingerprint density at radius 1 is 1.83 bits per heavy atom. The number of nitrogens with zero attached hydrogens (tertiary/aromatic N) is 1. The Hall–Kier alpha value is -1.23. The summed E-state index contributed by atoms with van der Waals surface area (Å²) in [5.41, 5.74) is 10.6. The van der Waals surface area contributed by atoms with Crippen molar-refractivity contribution >= 4 is 6.34 Å². The summed E-state index contributed by atoms with van der Waals surface area (Å²) in [6.45, 7) is 1.68. The number of aliphatic imine (C=N–C) groups is 1. The van der Waals surface area contributed by atoms with Gasteiger partial charge in [0.05, 0.1) is 18.6 Å². The molecule has 1 heterocycles. The quantitative estimate of drug-likeness (QED) is 0.377. The van der Waals surface area contributed by atoms with E-state index < -0.39 is 5.60 Å². The Kier molecular flexibility index (Phi) is 2.23. The van der Waals surface area contributed by atoms with Crippen LogP contribution < -0.4 is 11.5 Å². The third-order valence-corrected chi connectivity index (χ3v) is 1.71. The molecule has 0 aliphatic carbocycles. The minimum absolute atomic E-state index is 0.0860. The van der Waals surface area contributed by atoms with Gasteiger partial charge in [-0.05, 0) is 6.92 Å². The van der Waals surface area contributed by atoms with E-state index in [9.17, 15) is 0 Å². The zero-order valence-corrected chi connectivity index (χ0v) is 6.95. The molecule has 1 rings (SSSR count). The molecule has 0 radical (unpaired) electrons. The van der Waals surface area contributed by atoms with Crippen LogP contribution in [0.2, 0.25) is 0 Å². The van der Waals surface area contributed by atoms with Gasteiger partial charge >= 0.3 is 0 Å². The van der Waals surface area contributed by atoms with Crippen molar-refractivity contribution in [3.05, 3.63) is 11.6 Å². The first kappa shape index (κ1) is 8.86. The van der Waals surface area contributed by atoms with Crippen LogP contribution in [0.4, 0.5) is 0 Å². The van der Waals surface area contributed by atoms with Gasteiger partial charge in [0.2, 0.25) is 5.88 Å². The van der Waals surface area contributed by atoms with Crippen molar-refractivity contribution in [2.24, 2.45) is 16.5 Å². The normalized spacial score (nSPS) is 29.8. The summed E-state index contributed by atoms with van der Waals surface area (Å²) in [6, 6.07) is 0. The van der Waals surface area contributed by atoms with E-state index in [4.69, 9.17) is 21.3 Å². The topological polar surface area (TPSA) is 93.9 Å². The Labute approximate surface area is 70.7 Å². The van der Waals surface area contributed by atoms with E-state index in [0.717, 1.165) is 6.34 Å². The van der Waals surface area contributed by atoms with Crippen LogP contribution in [0.25, 0.3) is 0 Å². The van der Waals surface area contributed by atoms with E-state index in [1.54, 1.807) is 6.92 Å². The van der Waals surface area contributed by atoms with Crippen molar-refractivity contribution < 1.29 is 9.84 Å². The molecular formula is C7H13N3O2. The van der Waals surface area contributed by atoms with Gasteiger partial charge in [-0.25, -0.2) is 4.99 Å². The maximum absolute atomic E-state index is 8.94. The molecule has 0 aromatic carbocycles. The van der Waals surface area contributed by atoms with Gasteiger partial charge in [-0.3, -0.25) is 0 Å². The molecule has 68 valence electrons. The number of nitrogens with two attached hydrogens (primary N) is 2. The summed E-state index contributed by atoms with van der Waals surface area (Å²) in [5.74, 6) is 0.314. The molecule has 0 amide bonds. The third-order valence-electron chi connectivity index (χ3n) is 1.71. The van der Waals surface area contributed by atoms with Crippen molar-refractivity contribution in [3.63, 3.8) is 0 Å². The number of aliphatic hydroxyl groups is 1.